The first kappa shape index (κ1) is 14.4. The van der Waals surface area contributed by atoms with E-state index in [2.05, 4.69) is 10.4 Å². The summed E-state index contributed by atoms with van der Waals surface area (Å²) in [5, 5.41) is 16.9. The molecule has 0 radical (unpaired) electrons. The predicted molar refractivity (Wildman–Crippen MR) is 86.7 cm³/mol. The van der Waals surface area contributed by atoms with E-state index in [1.165, 1.54) is 12.1 Å². The SMILES string of the molecule is O=C1CC(c2cccc(O)c2)c2cnn(-c3ccc(F)cc3)c2N1. The van der Waals surface area contributed by atoms with Crippen molar-refractivity contribution in [3.05, 3.63) is 71.7 Å². The molecule has 5 nitrogen and oxygen atoms in total. The molecule has 120 valence electrons. The molecular formula is C18H14FN3O2. The van der Waals surface area contributed by atoms with Gasteiger partial charge in [-0.3, -0.25) is 4.79 Å². The standard InChI is InChI=1S/C18H14FN3O2/c19-12-4-6-13(7-5-12)22-18-16(10-20-22)15(9-17(24)21-18)11-2-1-3-14(23)8-11/h1-8,10,15,23H,9H2,(H,21,24). The average Bonchev–Trinajstić information content (AvgIpc) is 2.98. The molecule has 1 unspecified atom stereocenters. The number of nitrogens with one attached hydrogen (secondary N) is 1. The summed E-state index contributed by atoms with van der Waals surface area (Å²) >= 11 is 0. The zero-order chi connectivity index (χ0) is 16.7. The number of rotatable bonds is 2. The number of carbonyl (C=O) groups excluding carboxylic acids is 1. The summed E-state index contributed by atoms with van der Waals surface area (Å²) in [6, 6.07) is 12.8. The van der Waals surface area contributed by atoms with Gasteiger partial charge in [0, 0.05) is 17.9 Å². The summed E-state index contributed by atoms with van der Waals surface area (Å²) in [4.78, 5) is 12.2. The molecule has 1 aliphatic rings. The van der Waals surface area contributed by atoms with Crippen LogP contribution in [0.1, 0.15) is 23.5 Å². The second kappa shape index (κ2) is 5.49. The van der Waals surface area contributed by atoms with Gasteiger partial charge in [-0.05, 0) is 42.0 Å². The molecule has 1 amide bonds. The van der Waals surface area contributed by atoms with Crippen molar-refractivity contribution in [2.45, 2.75) is 12.3 Å². The highest BCUT2D eigenvalue weighted by atomic mass is 19.1. The van der Waals surface area contributed by atoms with Crippen molar-refractivity contribution < 1.29 is 14.3 Å². The summed E-state index contributed by atoms with van der Waals surface area (Å²) in [5.41, 5.74) is 2.38. The highest BCUT2D eigenvalue weighted by Crippen LogP contribution is 2.38. The Kier molecular flexibility index (Phi) is 3.30. The van der Waals surface area contributed by atoms with Crippen LogP contribution in [0.25, 0.3) is 5.69 Å². The van der Waals surface area contributed by atoms with E-state index in [9.17, 15) is 14.3 Å². The van der Waals surface area contributed by atoms with Crippen LogP contribution in [0.4, 0.5) is 10.2 Å². The van der Waals surface area contributed by atoms with Gasteiger partial charge in [0.15, 0.2) is 0 Å². The van der Waals surface area contributed by atoms with Crippen LogP contribution in [0.15, 0.2) is 54.7 Å². The van der Waals surface area contributed by atoms with Gasteiger partial charge in [0.25, 0.3) is 0 Å². The monoisotopic (exact) mass is 323 g/mol. The van der Waals surface area contributed by atoms with Gasteiger partial charge in [0.1, 0.15) is 17.4 Å². The molecule has 3 aromatic rings. The van der Waals surface area contributed by atoms with Crippen LogP contribution in [0, 0.1) is 5.82 Å². The first-order chi connectivity index (χ1) is 11.6. The number of amides is 1. The lowest BCUT2D eigenvalue weighted by atomic mass is 9.87. The molecule has 2 aromatic carbocycles. The fourth-order valence-electron chi connectivity index (χ4n) is 3.04. The van der Waals surface area contributed by atoms with Gasteiger partial charge in [0.2, 0.25) is 5.91 Å². The van der Waals surface area contributed by atoms with Crippen molar-refractivity contribution in [1.29, 1.82) is 0 Å². The highest BCUT2D eigenvalue weighted by Gasteiger charge is 2.30. The molecule has 24 heavy (non-hydrogen) atoms. The third-order valence-corrected chi connectivity index (χ3v) is 4.16. The number of phenolic OH excluding ortho intramolecular Hbond substituents is 1. The van der Waals surface area contributed by atoms with Gasteiger partial charge in [-0.2, -0.15) is 5.10 Å². The second-order valence-electron chi connectivity index (χ2n) is 5.74. The Morgan fingerprint density at radius 1 is 1.21 bits per heavy atom. The Morgan fingerprint density at radius 2 is 2.00 bits per heavy atom. The smallest absolute Gasteiger partial charge is 0.226 e. The molecule has 0 spiro atoms. The quantitative estimate of drug-likeness (QED) is 0.761. The predicted octanol–water partition coefficient (Wildman–Crippen LogP) is 3.19. The van der Waals surface area contributed by atoms with Crippen LogP contribution in [-0.4, -0.2) is 20.8 Å². The van der Waals surface area contributed by atoms with E-state index in [4.69, 9.17) is 0 Å². The third-order valence-electron chi connectivity index (χ3n) is 4.16. The first-order valence-electron chi connectivity index (χ1n) is 7.54. The van der Waals surface area contributed by atoms with Crippen molar-refractivity contribution in [2.75, 3.05) is 5.32 Å². The number of phenols is 1. The summed E-state index contributed by atoms with van der Waals surface area (Å²) in [6.07, 6.45) is 1.98. The van der Waals surface area contributed by atoms with E-state index in [0.29, 0.717) is 11.5 Å². The highest BCUT2D eigenvalue weighted by molar-refractivity contribution is 5.94. The van der Waals surface area contributed by atoms with Crippen molar-refractivity contribution in [3.63, 3.8) is 0 Å². The average molecular weight is 323 g/mol. The van der Waals surface area contributed by atoms with Crippen molar-refractivity contribution in [3.8, 4) is 11.4 Å². The van der Waals surface area contributed by atoms with Gasteiger partial charge in [-0.25, -0.2) is 9.07 Å². The molecule has 4 rings (SSSR count). The Morgan fingerprint density at radius 3 is 2.75 bits per heavy atom. The molecule has 1 atom stereocenters. The maximum absolute atomic E-state index is 13.1. The summed E-state index contributed by atoms with van der Waals surface area (Å²) < 4.78 is 14.7. The molecule has 0 fully saturated rings. The number of carbonyl (C=O) groups is 1. The molecular weight excluding hydrogens is 309 g/mol. The van der Waals surface area contributed by atoms with E-state index in [0.717, 1.165) is 11.1 Å². The zero-order valence-corrected chi connectivity index (χ0v) is 12.6. The molecule has 6 heteroatoms. The molecule has 0 aliphatic carbocycles. The second-order valence-corrected chi connectivity index (χ2v) is 5.74. The van der Waals surface area contributed by atoms with Crippen LogP contribution < -0.4 is 5.32 Å². The largest absolute Gasteiger partial charge is 0.508 e. The normalized spacial score (nSPS) is 16.5. The van der Waals surface area contributed by atoms with E-state index >= 15 is 0 Å². The number of halogens is 1. The number of fused-ring (bicyclic) bond motifs is 1. The van der Waals surface area contributed by atoms with E-state index in [-0.39, 0.29) is 29.8 Å². The Balaban J connectivity index is 1.81. The summed E-state index contributed by atoms with van der Waals surface area (Å²) in [5.74, 6) is 0.0911. The lowest BCUT2D eigenvalue weighted by Crippen LogP contribution is -2.24. The molecule has 2 N–H and O–H groups in total. The molecule has 1 aromatic heterocycles. The van der Waals surface area contributed by atoms with E-state index < -0.39 is 0 Å². The zero-order valence-electron chi connectivity index (χ0n) is 12.6. The first-order valence-corrected chi connectivity index (χ1v) is 7.54. The number of anilines is 1. The fourth-order valence-corrected chi connectivity index (χ4v) is 3.04. The van der Waals surface area contributed by atoms with Crippen molar-refractivity contribution in [1.82, 2.24) is 9.78 Å². The Labute approximate surface area is 137 Å². The number of hydrogen-bond acceptors (Lipinski definition) is 3. The number of nitrogens with zero attached hydrogens (tertiary/aromatic N) is 2. The van der Waals surface area contributed by atoms with Gasteiger partial charge in [0.05, 0.1) is 11.9 Å². The van der Waals surface area contributed by atoms with Crippen molar-refractivity contribution in [2.24, 2.45) is 0 Å². The van der Waals surface area contributed by atoms with Crippen LogP contribution in [-0.2, 0) is 4.79 Å². The molecule has 0 saturated heterocycles. The molecule has 1 aliphatic heterocycles. The van der Waals surface area contributed by atoms with Crippen LogP contribution >= 0.6 is 0 Å². The van der Waals surface area contributed by atoms with E-state index in [1.807, 2.05) is 6.07 Å². The minimum Gasteiger partial charge on any atom is -0.508 e. The molecule has 0 bridgehead atoms. The minimum atomic E-state index is -0.332. The minimum absolute atomic E-state index is 0.125. The summed E-state index contributed by atoms with van der Waals surface area (Å²) in [6.45, 7) is 0. The fraction of sp³-hybridized carbons (Fsp3) is 0.111. The maximum Gasteiger partial charge on any atom is 0.226 e. The van der Waals surface area contributed by atoms with Gasteiger partial charge >= 0.3 is 0 Å². The molecule has 0 saturated carbocycles. The lowest BCUT2D eigenvalue weighted by molar-refractivity contribution is -0.116. The number of hydrogen-bond donors (Lipinski definition) is 2. The van der Waals surface area contributed by atoms with Gasteiger partial charge in [-0.1, -0.05) is 12.1 Å². The molecule has 2 heterocycles. The van der Waals surface area contributed by atoms with Gasteiger partial charge < -0.3 is 10.4 Å². The Bertz CT molecular complexity index is 918. The topological polar surface area (TPSA) is 67.1 Å². The van der Waals surface area contributed by atoms with Crippen LogP contribution in [0.2, 0.25) is 0 Å². The van der Waals surface area contributed by atoms with E-state index in [1.54, 1.807) is 41.2 Å². The third kappa shape index (κ3) is 2.42. The number of aromatic hydroxyl groups is 1. The van der Waals surface area contributed by atoms with Crippen LogP contribution in [0.5, 0.6) is 5.75 Å². The number of benzene rings is 2. The maximum atomic E-state index is 13.1. The van der Waals surface area contributed by atoms with Crippen LogP contribution in [0.3, 0.4) is 0 Å². The van der Waals surface area contributed by atoms with Crippen molar-refractivity contribution >= 4 is 11.7 Å². The van der Waals surface area contributed by atoms with Gasteiger partial charge in [-0.15, -0.1) is 0 Å². The Hall–Kier alpha value is -3.15. The summed E-state index contributed by atoms with van der Waals surface area (Å²) in [7, 11) is 0. The lowest BCUT2D eigenvalue weighted by Gasteiger charge is -2.23. The number of aromatic nitrogens is 2.